The second-order valence-electron chi connectivity index (χ2n) is 11.2. The highest BCUT2D eigenvalue weighted by molar-refractivity contribution is 7.48. The van der Waals surface area contributed by atoms with Crippen LogP contribution in [0.2, 0.25) is 0 Å². The van der Waals surface area contributed by atoms with Gasteiger partial charge in [-0.05, 0) is 29.5 Å². The van der Waals surface area contributed by atoms with Crippen LogP contribution in [-0.4, -0.2) is 77.8 Å². The first kappa shape index (κ1) is 34.7. The van der Waals surface area contributed by atoms with Crippen molar-refractivity contribution in [2.24, 2.45) is 5.11 Å². The number of carbonyl (C=O) groups excluding carboxylic acids is 1. The number of nitrogens with zero attached hydrogens (tertiary/aromatic N) is 8. The molecule has 0 saturated carbocycles. The number of imidazole rings is 1. The van der Waals surface area contributed by atoms with Crippen LogP contribution in [0.15, 0.2) is 90.6 Å². The minimum atomic E-state index is -5.34. The van der Waals surface area contributed by atoms with Crippen molar-refractivity contribution >= 4 is 47.2 Å². The van der Waals surface area contributed by atoms with E-state index in [1.54, 1.807) is 49.4 Å². The van der Waals surface area contributed by atoms with Crippen molar-refractivity contribution in [3.63, 3.8) is 0 Å². The SMILES string of the molecule is CCON(c1cccc2ccccc12)[C@@H](Cc1ccccc1)C(=O)OP(=O)(O)OC[C@@]1(N=[N+]=[N-])O[C@@H](n2cnc3c(N)ncnc32)[C@H](O)[C@@H]1O. The predicted molar refractivity (Wildman–Crippen MR) is 178 cm³/mol. The van der Waals surface area contributed by atoms with Crippen molar-refractivity contribution in [1.82, 2.24) is 19.5 Å². The highest BCUT2D eigenvalue weighted by Gasteiger charge is 2.56. The maximum absolute atomic E-state index is 13.9. The van der Waals surface area contributed by atoms with E-state index in [2.05, 4.69) is 25.0 Å². The Bertz CT molecular complexity index is 2090. The number of phosphoric acid groups is 1. The van der Waals surface area contributed by atoms with E-state index in [4.69, 9.17) is 24.4 Å². The zero-order valence-electron chi connectivity index (χ0n) is 26.4. The van der Waals surface area contributed by atoms with E-state index in [0.29, 0.717) is 11.3 Å². The van der Waals surface area contributed by atoms with E-state index in [9.17, 15) is 30.0 Å². The number of ether oxygens (including phenoxy) is 1. The fraction of sp³-hybridized carbons (Fsp3) is 0.290. The van der Waals surface area contributed by atoms with Crippen LogP contribution in [0.25, 0.3) is 32.4 Å². The van der Waals surface area contributed by atoms with Crippen LogP contribution in [-0.2, 0) is 34.4 Å². The number of carbonyl (C=O) groups is 1. The molecule has 0 aliphatic carbocycles. The number of benzene rings is 3. The van der Waals surface area contributed by atoms with Crippen molar-refractivity contribution in [2.45, 2.75) is 43.5 Å². The molecule has 0 radical (unpaired) electrons. The Hall–Kier alpha value is -5.16. The predicted octanol–water partition coefficient (Wildman–Crippen LogP) is 3.55. The lowest BCUT2D eigenvalue weighted by atomic mass is 10.0. The standard InChI is InChI=1S/C31H32N9O9P/c1-2-46-40(22-14-8-12-20-11-6-7-13-21(20)22)23(15-19-9-4-3-5-10-19)30(43)49-50(44,45)47-16-31(37-38-33)26(42)25(41)29(48-31)39-18-36-24-27(32)34-17-35-28(24)39/h3-14,17-18,23,25-26,29,41-42H,2,15-16H2,1H3,(H,44,45)(H2,32,34,35)/t23-,25+,26-,29+,31+/m0/s1. The van der Waals surface area contributed by atoms with Crippen molar-refractivity contribution in [3.8, 4) is 0 Å². The Morgan fingerprint density at radius 2 is 1.88 bits per heavy atom. The van der Waals surface area contributed by atoms with Crippen molar-refractivity contribution in [1.29, 1.82) is 0 Å². The number of hydrogen-bond acceptors (Lipinski definition) is 14. The molecule has 19 heteroatoms. The topological polar surface area (TPSA) is 253 Å². The van der Waals surface area contributed by atoms with Crippen molar-refractivity contribution in [2.75, 3.05) is 24.0 Å². The Morgan fingerprint density at radius 1 is 1.14 bits per heavy atom. The van der Waals surface area contributed by atoms with Gasteiger partial charge in [0.05, 0.1) is 25.2 Å². The van der Waals surface area contributed by atoms with Crippen molar-refractivity contribution < 1.29 is 43.1 Å². The third-order valence-electron chi connectivity index (χ3n) is 8.02. The smallest absolute Gasteiger partial charge is 0.387 e. The van der Waals surface area contributed by atoms with Crippen LogP contribution in [0.3, 0.4) is 0 Å². The summed E-state index contributed by atoms with van der Waals surface area (Å²) in [5.74, 6) is -1.16. The van der Waals surface area contributed by atoms with Crippen LogP contribution in [0, 0.1) is 0 Å². The van der Waals surface area contributed by atoms with E-state index in [-0.39, 0.29) is 30.0 Å². The third-order valence-corrected chi connectivity index (χ3v) is 8.88. The van der Waals surface area contributed by atoms with E-state index < -0.39 is 50.6 Å². The van der Waals surface area contributed by atoms with Crippen LogP contribution in [0.4, 0.5) is 11.5 Å². The summed E-state index contributed by atoms with van der Waals surface area (Å²) in [5, 5.41) is 28.3. The van der Waals surface area contributed by atoms with Gasteiger partial charge in [-0.3, -0.25) is 18.8 Å². The Balaban J connectivity index is 1.26. The number of phosphoric ester groups is 1. The van der Waals surface area contributed by atoms with Gasteiger partial charge in [0.1, 0.15) is 24.1 Å². The van der Waals surface area contributed by atoms with Gasteiger partial charge in [-0.1, -0.05) is 71.8 Å². The van der Waals surface area contributed by atoms with E-state index >= 15 is 0 Å². The summed E-state index contributed by atoms with van der Waals surface area (Å²) in [6, 6.07) is 20.5. The van der Waals surface area contributed by atoms with Gasteiger partial charge in [0, 0.05) is 16.7 Å². The lowest BCUT2D eigenvalue weighted by Crippen LogP contribution is -2.45. The number of aliphatic hydroxyl groups excluding tert-OH is 2. The number of hydroxylamine groups is 1. The number of aliphatic hydroxyl groups is 2. The normalized spacial score (nSPS) is 22.1. The molecule has 2 aromatic heterocycles. The second-order valence-corrected chi connectivity index (χ2v) is 12.5. The number of aromatic nitrogens is 4. The van der Waals surface area contributed by atoms with Crippen molar-refractivity contribution in [3.05, 3.63) is 101 Å². The summed E-state index contributed by atoms with van der Waals surface area (Å²) in [6.45, 7) is 0.729. The number of fused-ring (bicyclic) bond motifs is 2. The van der Waals surface area contributed by atoms with Crippen LogP contribution < -0.4 is 10.8 Å². The van der Waals surface area contributed by atoms with E-state index in [0.717, 1.165) is 17.1 Å². The number of rotatable bonds is 13. The van der Waals surface area contributed by atoms with Gasteiger partial charge in [0.2, 0.25) is 5.72 Å². The quantitative estimate of drug-likeness (QED) is 0.0449. The molecule has 3 heterocycles. The van der Waals surface area contributed by atoms with Gasteiger partial charge >= 0.3 is 13.8 Å². The monoisotopic (exact) mass is 705 g/mol. The first-order chi connectivity index (χ1) is 24.1. The maximum Gasteiger partial charge on any atom is 0.529 e. The molecule has 6 atom stereocenters. The van der Waals surface area contributed by atoms with Gasteiger partial charge in [-0.25, -0.2) is 29.4 Å². The van der Waals surface area contributed by atoms with Gasteiger partial charge in [-0.15, -0.1) is 0 Å². The van der Waals surface area contributed by atoms with Crippen LogP contribution in [0.5, 0.6) is 0 Å². The number of nitrogen functional groups attached to an aromatic ring is 1. The lowest BCUT2D eigenvalue weighted by molar-refractivity contribution is -0.142. The maximum atomic E-state index is 13.9. The number of hydrogen-bond donors (Lipinski definition) is 4. The number of anilines is 2. The average Bonchev–Trinajstić information content (AvgIpc) is 3.65. The molecule has 0 bridgehead atoms. The minimum absolute atomic E-state index is 0.00577. The van der Waals surface area contributed by atoms with E-state index in [1.807, 2.05) is 30.3 Å². The van der Waals surface area contributed by atoms with Gasteiger partial charge in [0.15, 0.2) is 23.7 Å². The molecule has 50 heavy (non-hydrogen) atoms. The lowest BCUT2D eigenvalue weighted by Gasteiger charge is -2.32. The summed E-state index contributed by atoms with van der Waals surface area (Å²) in [4.78, 5) is 45.4. The molecular formula is C31H32N9O9P. The highest BCUT2D eigenvalue weighted by atomic mass is 31.2. The van der Waals surface area contributed by atoms with Gasteiger partial charge in [0.25, 0.3) is 0 Å². The number of azide groups is 1. The molecule has 5 N–H and O–H groups in total. The van der Waals surface area contributed by atoms with E-state index in [1.165, 1.54) is 16.0 Å². The van der Waals surface area contributed by atoms with Crippen LogP contribution in [0.1, 0.15) is 18.7 Å². The molecule has 1 fully saturated rings. The summed E-state index contributed by atoms with van der Waals surface area (Å²) in [6.07, 6.45) is -2.92. The Morgan fingerprint density at radius 3 is 2.64 bits per heavy atom. The molecule has 0 spiro atoms. The molecule has 3 aromatic carbocycles. The third kappa shape index (κ3) is 6.82. The van der Waals surface area contributed by atoms with Crippen LogP contribution >= 0.6 is 7.82 Å². The molecular weight excluding hydrogens is 673 g/mol. The molecule has 1 aliphatic heterocycles. The molecule has 0 amide bonds. The summed E-state index contributed by atoms with van der Waals surface area (Å²) < 4.78 is 30.6. The molecule has 1 aliphatic rings. The first-order valence-corrected chi connectivity index (χ1v) is 16.7. The molecule has 5 aromatic rings. The molecule has 6 rings (SSSR count). The highest BCUT2D eigenvalue weighted by Crippen LogP contribution is 2.48. The Kier molecular flexibility index (Phi) is 9.97. The number of nitrogens with two attached hydrogens (primary N) is 1. The molecule has 18 nitrogen and oxygen atoms in total. The summed E-state index contributed by atoms with van der Waals surface area (Å²) in [5.41, 5.74) is 14.2. The van der Waals surface area contributed by atoms with Gasteiger partial charge in [-0.2, -0.15) is 0 Å². The zero-order valence-corrected chi connectivity index (χ0v) is 27.3. The van der Waals surface area contributed by atoms with Gasteiger partial charge < -0.3 is 25.2 Å². The molecule has 1 unspecified atom stereocenters. The fourth-order valence-electron chi connectivity index (χ4n) is 5.70. The zero-order chi connectivity index (χ0) is 35.5. The fourth-order valence-corrected chi connectivity index (χ4v) is 6.45. The average molecular weight is 706 g/mol. The minimum Gasteiger partial charge on any atom is -0.387 e. The first-order valence-electron chi connectivity index (χ1n) is 15.3. The molecule has 260 valence electrons. The largest absolute Gasteiger partial charge is 0.529 e. The second kappa shape index (κ2) is 14.4. The Labute approximate surface area is 283 Å². The summed E-state index contributed by atoms with van der Waals surface area (Å²) in [7, 11) is -5.34. The molecule has 1 saturated heterocycles. The summed E-state index contributed by atoms with van der Waals surface area (Å²) >= 11 is 0.